The van der Waals surface area contributed by atoms with Crippen LogP contribution >= 0.6 is 0 Å². The second-order valence-corrected chi connectivity index (χ2v) is 9.07. The molecule has 222 valence electrons. The van der Waals surface area contributed by atoms with E-state index in [1.807, 2.05) is 0 Å². The Hall–Kier alpha value is -4.81. The lowest BCUT2D eigenvalue weighted by molar-refractivity contribution is -0.142. The third-order valence-electron chi connectivity index (χ3n) is 6.16. The maximum Gasteiger partial charge on any atom is 0.416 e. The van der Waals surface area contributed by atoms with Crippen LogP contribution < -0.4 is 14.8 Å². The van der Waals surface area contributed by atoms with E-state index in [9.17, 15) is 31.9 Å². The minimum absolute atomic E-state index is 0.0133. The van der Waals surface area contributed by atoms with Gasteiger partial charge in [0.2, 0.25) is 0 Å². The fourth-order valence-corrected chi connectivity index (χ4v) is 4.14. The molecule has 13 heteroatoms. The average Bonchev–Trinajstić information content (AvgIpc) is 3.34. The number of carbonyl (C=O) groups is 3. The second-order valence-electron chi connectivity index (χ2n) is 9.07. The zero-order valence-corrected chi connectivity index (χ0v) is 22.5. The smallest absolute Gasteiger partial charge is 0.416 e. The molecule has 9 nitrogen and oxygen atoms in total. The van der Waals surface area contributed by atoms with E-state index >= 15 is 0 Å². The lowest BCUT2D eigenvalue weighted by Crippen LogP contribution is -2.24. The summed E-state index contributed by atoms with van der Waals surface area (Å²) in [6.45, 7) is 2.36. The molecule has 3 aromatic carbocycles. The van der Waals surface area contributed by atoms with Gasteiger partial charge < -0.3 is 29.2 Å². The molecule has 2 amide bonds. The van der Waals surface area contributed by atoms with Crippen molar-refractivity contribution in [3.8, 4) is 17.2 Å². The van der Waals surface area contributed by atoms with Gasteiger partial charge in [0, 0.05) is 11.3 Å². The average molecular weight is 591 g/mol. The number of methoxy groups -OCH3 is 1. The molecule has 1 fully saturated rings. The van der Waals surface area contributed by atoms with Gasteiger partial charge in [-0.25, -0.2) is 9.18 Å². The van der Waals surface area contributed by atoms with Gasteiger partial charge in [-0.1, -0.05) is 6.07 Å². The van der Waals surface area contributed by atoms with Gasteiger partial charge in [-0.3, -0.25) is 9.59 Å². The molecule has 1 aliphatic heterocycles. The summed E-state index contributed by atoms with van der Waals surface area (Å²) in [7, 11) is 1.43. The van der Waals surface area contributed by atoms with Gasteiger partial charge in [0.25, 0.3) is 5.91 Å². The van der Waals surface area contributed by atoms with E-state index in [0.29, 0.717) is 35.1 Å². The summed E-state index contributed by atoms with van der Waals surface area (Å²) < 4.78 is 75.2. The maximum absolute atomic E-state index is 14.3. The Balaban J connectivity index is 1.65. The molecule has 0 unspecified atom stereocenters. The van der Waals surface area contributed by atoms with E-state index in [1.54, 1.807) is 25.1 Å². The molecule has 0 saturated carbocycles. The first-order chi connectivity index (χ1) is 20.0. The number of benzene rings is 3. The first-order valence-electron chi connectivity index (χ1n) is 12.7. The molecular formula is C29H26F4N2O7. The van der Waals surface area contributed by atoms with Gasteiger partial charge in [-0.05, 0) is 61.0 Å². The van der Waals surface area contributed by atoms with Gasteiger partial charge in [0.1, 0.15) is 18.2 Å². The Morgan fingerprint density at radius 1 is 1.02 bits per heavy atom. The highest BCUT2D eigenvalue weighted by Gasteiger charge is 2.32. The molecule has 0 bridgehead atoms. The molecule has 3 aromatic rings. The Bertz CT molecular complexity index is 1490. The zero-order valence-electron chi connectivity index (χ0n) is 22.5. The molecule has 0 aromatic heterocycles. The SMILES string of the molecule is CCOC(=O)Cc1ccc(OC)c(Oc2ccc(NC(=O)c3cc(C(F)(F)F)ccc3F)cc2CN2CCOC2=O)c1. The number of hydrogen-bond acceptors (Lipinski definition) is 7. The summed E-state index contributed by atoms with van der Waals surface area (Å²) in [5, 5.41) is 2.40. The normalized spacial score (nSPS) is 13.0. The lowest BCUT2D eigenvalue weighted by atomic mass is 10.1. The predicted molar refractivity (Wildman–Crippen MR) is 141 cm³/mol. The molecule has 1 heterocycles. The molecule has 0 atom stereocenters. The largest absolute Gasteiger partial charge is 0.493 e. The number of amides is 2. The Labute approximate surface area is 237 Å². The highest BCUT2D eigenvalue weighted by Crippen LogP contribution is 2.36. The number of nitrogens with one attached hydrogen (secondary N) is 1. The van der Waals surface area contributed by atoms with Crippen molar-refractivity contribution in [3.05, 3.63) is 82.7 Å². The summed E-state index contributed by atoms with van der Waals surface area (Å²) in [6, 6.07) is 10.7. The summed E-state index contributed by atoms with van der Waals surface area (Å²) in [5.41, 5.74) is -0.896. The molecular weight excluding hydrogens is 564 g/mol. The fraction of sp³-hybridized carbons (Fsp3) is 0.276. The van der Waals surface area contributed by atoms with E-state index in [1.165, 1.54) is 30.2 Å². The number of esters is 1. The van der Waals surface area contributed by atoms with E-state index in [-0.39, 0.29) is 49.9 Å². The van der Waals surface area contributed by atoms with Crippen molar-refractivity contribution in [2.24, 2.45) is 0 Å². The summed E-state index contributed by atoms with van der Waals surface area (Å²) in [4.78, 5) is 38.3. The highest BCUT2D eigenvalue weighted by atomic mass is 19.4. The van der Waals surface area contributed by atoms with Gasteiger partial charge in [0.05, 0.1) is 44.4 Å². The van der Waals surface area contributed by atoms with Crippen LogP contribution in [0.25, 0.3) is 0 Å². The fourth-order valence-electron chi connectivity index (χ4n) is 4.14. The van der Waals surface area contributed by atoms with Gasteiger partial charge in [0.15, 0.2) is 11.5 Å². The molecule has 0 aliphatic carbocycles. The third kappa shape index (κ3) is 7.28. The number of cyclic esters (lactones) is 1. The summed E-state index contributed by atoms with van der Waals surface area (Å²) in [5.74, 6) is -1.84. The number of alkyl halides is 3. The van der Waals surface area contributed by atoms with Crippen molar-refractivity contribution in [2.75, 3.05) is 32.2 Å². The molecule has 1 N–H and O–H groups in total. The number of rotatable bonds is 10. The predicted octanol–water partition coefficient (Wildman–Crippen LogP) is 5.96. The lowest BCUT2D eigenvalue weighted by Gasteiger charge is -2.19. The molecule has 0 spiro atoms. The van der Waals surface area contributed by atoms with Crippen LogP contribution in [0, 0.1) is 5.82 Å². The van der Waals surface area contributed by atoms with Gasteiger partial charge in [-0.15, -0.1) is 0 Å². The summed E-state index contributed by atoms with van der Waals surface area (Å²) in [6.07, 6.45) is -5.36. The van der Waals surface area contributed by atoms with Crippen LogP contribution in [0.2, 0.25) is 0 Å². The molecule has 1 aliphatic rings. The van der Waals surface area contributed by atoms with Crippen molar-refractivity contribution < 1.29 is 50.9 Å². The standard InChI is InChI=1S/C29H26F4N2O7/c1-3-40-26(36)13-17-4-8-24(39-2)25(12-17)42-23-9-6-20(14-18(23)16-35-10-11-41-28(35)38)34-27(37)21-15-19(29(31,32)33)5-7-22(21)30/h4-9,12,14-15H,3,10-11,13,16H2,1-2H3,(H,34,37). The number of nitrogens with zero attached hydrogens (tertiary/aromatic N) is 1. The molecule has 42 heavy (non-hydrogen) atoms. The minimum atomic E-state index is -4.77. The maximum atomic E-state index is 14.3. The van der Waals surface area contributed by atoms with Crippen molar-refractivity contribution in [3.63, 3.8) is 0 Å². The van der Waals surface area contributed by atoms with Crippen LogP contribution in [0.4, 0.5) is 28.0 Å². The van der Waals surface area contributed by atoms with Gasteiger partial charge in [-0.2, -0.15) is 13.2 Å². The van der Waals surface area contributed by atoms with Crippen molar-refractivity contribution in [2.45, 2.75) is 26.1 Å². The summed E-state index contributed by atoms with van der Waals surface area (Å²) >= 11 is 0. The van der Waals surface area contributed by atoms with Crippen LogP contribution in [0.5, 0.6) is 17.2 Å². The molecule has 4 rings (SSSR count). The zero-order chi connectivity index (χ0) is 30.4. The first kappa shape index (κ1) is 30.2. The molecule has 1 saturated heterocycles. The monoisotopic (exact) mass is 590 g/mol. The number of ether oxygens (including phenoxy) is 4. The van der Waals surface area contributed by atoms with Crippen molar-refractivity contribution in [1.82, 2.24) is 4.90 Å². The van der Waals surface area contributed by atoms with E-state index in [4.69, 9.17) is 18.9 Å². The number of hydrogen-bond donors (Lipinski definition) is 1. The van der Waals surface area contributed by atoms with Crippen LogP contribution in [0.1, 0.15) is 34.0 Å². The Morgan fingerprint density at radius 3 is 2.45 bits per heavy atom. The van der Waals surface area contributed by atoms with Crippen molar-refractivity contribution >= 4 is 23.7 Å². The van der Waals surface area contributed by atoms with Crippen molar-refractivity contribution in [1.29, 1.82) is 0 Å². The Morgan fingerprint density at radius 2 is 1.79 bits per heavy atom. The molecule has 0 radical (unpaired) electrons. The van der Waals surface area contributed by atoms with Crippen LogP contribution in [0.15, 0.2) is 54.6 Å². The highest BCUT2D eigenvalue weighted by molar-refractivity contribution is 6.04. The van der Waals surface area contributed by atoms with Crippen LogP contribution in [-0.2, 0) is 33.4 Å². The minimum Gasteiger partial charge on any atom is -0.493 e. The third-order valence-corrected chi connectivity index (χ3v) is 6.16. The number of anilines is 1. The second kappa shape index (κ2) is 12.8. The number of carbonyl (C=O) groups excluding carboxylic acids is 3. The van der Waals surface area contributed by atoms with Crippen LogP contribution in [-0.4, -0.2) is 49.7 Å². The first-order valence-corrected chi connectivity index (χ1v) is 12.7. The quantitative estimate of drug-likeness (QED) is 0.230. The number of halogens is 4. The van der Waals surface area contributed by atoms with Gasteiger partial charge >= 0.3 is 18.2 Å². The van der Waals surface area contributed by atoms with Crippen LogP contribution in [0.3, 0.4) is 0 Å². The van der Waals surface area contributed by atoms with E-state index in [2.05, 4.69) is 5.32 Å². The van der Waals surface area contributed by atoms with E-state index < -0.39 is 41.1 Å². The topological polar surface area (TPSA) is 103 Å². The Kier molecular flexibility index (Phi) is 9.18. The van der Waals surface area contributed by atoms with E-state index in [0.717, 1.165) is 0 Å².